The Hall–Kier alpha value is -1.89. The lowest BCUT2D eigenvalue weighted by molar-refractivity contribution is -0.126. The molecule has 0 aromatic carbocycles. The van der Waals surface area contributed by atoms with Gasteiger partial charge in [-0.2, -0.15) is 5.10 Å². The van der Waals surface area contributed by atoms with E-state index in [9.17, 15) is 9.59 Å². The Morgan fingerprint density at radius 3 is 2.86 bits per heavy atom. The molecule has 7 nitrogen and oxygen atoms in total. The first-order valence-electron chi connectivity index (χ1n) is 7.40. The van der Waals surface area contributed by atoms with Crippen LogP contribution in [0.15, 0.2) is 6.07 Å². The summed E-state index contributed by atoms with van der Waals surface area (Å²) in [4.78, 5) is 26.5. The van der Waals surface area contributed by atoms with Crippen LogP contribution in [-0.4, -0.2) is 58.7 Å². The molecule has 0 aliphatic carbocycles. The lowest BCUT2D eigenvalue weighted by Gasteiger charge is -2.35. The number of rotatable bonds is 4. The predicted molar refractivity (Wildman–Crippen MR) is 79.0 cm³/mol. The molecule has 1 aromatic heterocycles. The molecule has 2 rings (SSSR count). The lowest BCUT2D eigenvalue weighted by Crippen LogP contribution is -2.59. The summed E-state index contributed by atoms with van der Waals surface area (Å²) in [6.07, 6.45) is 0.780. The molecule has 21 heavy (non-hydrogen) atoms. The molecule has 0 bridgehead atoms. The second kappa shape index (κ2) is 6.71. The second-order valence-corrected chi connectivity index (χ2v) is 5.11. The molecule has 1 fully saturated rings. The molecule has 1 atom stereocenters. The van der Waals surface area contributed by atoms with Gasteiger partial charge < -0.3 is 15.5 Å². The third-order valence-corrected chi connectivity index (χ3v) is 3.67. The summed E-state index contributed by atoms with van der Waals surface area (Å²) in [5.74, 6) is -0.251. The number of carbonyl (C=O) groups excluding carboxylic acids is 2. The number of amides is 2. The zero-order valence-electron chi connectivity index (χ0n) is 12.8. The number of aryl methyl sites for hydroxylation is 2. The van der Waals surface area contributed by atoms with Crippen molar-refractivity contribution in [1.29, 1.82) is 0 Å². The number of nitrogens with zero attached hydrogens (tertiary/aromatic N) is 3. The monoisotopic (exact) mass is 293 g/mol. The highest BCUT2D eigenvalue weighted by atomic mass is 16.2. The van der Waals surface area contributed by atoms with E-state index in [2.05, 4.69) is 15.7 Å². The Morgan fingerprint density at radius 1 is 1.48 bits per heavy atom. The molecule has 1 aromatic rings. The first-order valence-corrected chi connectivity index (χ1v) is 7.40. The molecular formula is C14H23N5O2. The molecule has 1 aliphatic rings. The fourth-order valence-corrected chi connectivity index (χ4v) is 2.52. The SMILES string of the molecule is CCNC(=O)C1CNCCN1C(=O)c1cc(CC)nn1C. The van der Waals surface area contributed by atoms with E-state index in [1.54, 1.807) is 22.7 Å². The number of hydrogen-bond donors (Lipinski definition) is 2. The third kappa shape index (κ3) is 3.24. The predicted octanol–water partition coefficient (Wildman–Crippen LogP) is -0.467. The molecule has 0 radical (unpaired) electrons. The van der Waals surface area contributed by atoms with Gasteiger partial charge in [0.1, 0.15) is 11.7 Å². The van der Waals surface area contributed by atoms with Gasteiger partial charge in [-0.15, -0.1) is 0 Å². The highest BCUT2D eigenvalue weighted by Crippen LogP contribution is 2.12. The Morgan fingerprint density at radius 2 is 2.24 bits per heavy atom. The quantitative estimate of drug-likeness (QED) is 0.787. The van der Waals surface area contributed by atoms with Gasteiger partial charge in [0.2, 0.25) is 5.91 Å². The van der Waals surface area contributed by atoms with Gasteiger partial charge >= 0.3 is 0 Å². The maximum atomic E-state index is 12.7. The van der Waals surface area contributed by atoms with Gasteiger partial charge in [0, 0.05) is 33.2 Å². The lowest BCUT2D eigenvalue weighted by atomic mass is 10.1. The van der Waals surface area contributed by atoms with Crippen LogP contribution in [0.25, 0.3) is 0 Å². The largest absolute Gasteiger partial charge is 0.355 e. The summed E-state index contributed by atoms with van der Waals surface area (Å²) < 4.78 is 1.60. The minimum Gasteiger partial charge on any atom is -0.355 e. The van der Waals surface area contributed by atoms with Crippen LogP contribution in [0.4, 0.5) is 0 Å². The van der Waals surface area contributed by atoms with E-state index in [-0.39, 0.29) is 11.8 Å². The average Bonchev–Trinajstić information content (AvgIpc) is 2.88. The molecule has 2 N–H and O–H groups in total. The highest BCUT2D eigenvalue weighted by molar-refractivity contribution is 5.96. The zero-order valence-corrected chi connectivity index (χ0v) is 12.8. The van der Waals surface area contributed by atoms with Crippen LogP contribution in [-0.2, 0) is 18.3 Å². The van der Waals surface area contributed by atoms with Crippen molar-refractivity contribution in [2.24, 2.45) is 7.05 Å². The first-order chi connectivity index (χ1) is 10.1. The Balaban J connectivity index is 2.21. The van der Waals surface area contributed by atoms with Crippen LogP contribution >= 0.6 is 0 Å². The van der Waals surface area contributed by atoms with E-state index in [4.69, 9.17) is 0 Å². The Kier molecular flexibility index (Phi) is 4.95. The molecule has 0 spiro atoms. The second-order valence-electron chi connectivity index (χ2n) is 5.11. The van der Waals surface area contributed by atoms with E-state index in [0.29, 0.717) is 31.9 Å². The summed E-state index contributed by atoms with van der Waals surface area (Å²) in [6, 6.07) is 1.34. The molecule has 1 unspecified atom stereocenters. The van der Waals surface area contributed by atoms with E-state index < -0.39 is 6.04 Å². The molecule has 0 saturated carbocycles. The van der Waals surface area contributed by atoms with E-state index in [1.807, 2.05) is 13.8 Å². The Bertz CT molecular complexity index is 525. The number of likely N-dealkylation sites (N-methyl/N-ethyl adjacent to an activating group) is 1. The molecule has 7 heteroatoms. The normalized spacial score (nSPS) is 18.6. The Labute approximate surface area is 124 Å². The summed E-state index contributed by atoms with van der Waals surface area (Å²) in [5, 5.41) is 10.3. The minimum atomic E-state index is -0.467. The van der Waals surface area contributed by atoms with Gasteiger partial charge in [-0.1, -0.05) is 6.92 Å². The minimum absolute atomic E-state index is 0.115. The van der Waals surface area contributed by atoms with Crippen LogP contribution in [0.3, 0.4) is 0 Å². The molecule has 2 heterocycles. The summed E-state index contributed by atoms with van der Waals surface area (Å²) in [7, 11) is 1.76. The number of hydrogen-bond acceptors (Lipinski definition) is 4. The fourth-order valence-electron chi connectivity index (χ4n) is 2.52. The molecule has 2 amide bonds. The summed E-state index contributed by atoms with van der Waals surface area (Å²) in [6.45, 7) is 6.13. The molecule has 116 valence electrons. The standard InChI is InChI=1S/C14H23N5O2/c1-4-10-8-11(18(3)17-10)14(21)19-7-6-15-9-12(19)13(20)16-5-2/h8,12,15H,4-7,9H2,1-3H3,(H,16,20). The van der Waals surface area contributed by atoms with E-state index >= 15 is 0 Å². The third-order valence-electron chi connectivity index (χ3n) is 3.67. The number of aromatic nitrogens is 2. The van der Waals surface area contributed by atoms with Crippen LogP contribution in [0.5, 0.6) is 0 Å². The van der Waals surface area contributed by atoms with Crippen molar-refractivity contribution in [3.05, 3.63) is 17.5 Å². The van der Waals surface area contributed by atoms with Crippen molar-refractivity contribution in [2.45, 2.75) is 26.3 Å². The average molecular weight is 293 g/mol. The van der Waals surface area contributed by atoms with Crippen LogP contribution in [0.2, 0.25) is 0 Å². The van der Waals surface area contributed by atoms with Crippen LogP contribution in [0, 0.1) is 0 Å². The molecular weight excluding hydrogens is 270 g/mol. The summed E-state index contributed by atoms with van der Waals surface area (Å²) in [5.41, 5.74) is 1.41. The number of nitrogens with one attached hydrogen (secondary N) is 2. The maximum absolute atomic E-state index is 12.7. The van der Waals surface area contributed by atoms with Gasteiger partial charge in [-0.25, -0.2) is 0 Å². The molecule has 1 saturated heterocycles. The number of piperazine rings is 1. The van der Waals surface area contributed by atoms with Crippen molar-refractivity contribution >= 4 is 11.8 Å². The van der Waals surface area contributed by atoms with Crippen molar-refractivity contribution in [3.8, 4) is 0 Å². The van der Waals surface area contributed by atoms with Crippen LogP contribution < -0.4 is 10.6 Å². The van der Waals surface area contributed by atoms with Gasteiger partial charge in [-0.3, -0.25) is 14.3 Å². The van der Waals surface area contributed by atoms with Gasteiger partial charge in [-0.05, 0) is 19.4 Å². The maximum Gasteiger partial charge on any atom is 0.272 e. The van der Waals surface area contributed by atoms with Crippen molar-refractivity contribution < 1.29 is 9.59 Å². The fraction of sp³-hybridized carbons (Fsp3) is 0.643. The van der Waals surface area contributed by atoms with Crippen molar-refractivity contribution in [2.75, 3.05) is 26.2 Å². The zero-order chi connectivity index (χ0) is 15.4. The van der Waals surface area contributed by atoms with Gasteiger partial charge in [0.15, 0.2) is 0 Å². The first kappa shape index (κ1) is 15.5. The van der Waals surface area contributed by atoms with Crippen molar-refractivity contribution in [3.63, 3.8) is 0 Å². The van der Waals surface area contributed by atoms with E-state index in [0.717, 1.165) is 12.1 Å². The topological polar surface area (TPSA) is 79.3 Å². The number of carbonyl (C=O) groups is 2. The molecule has 1 aliphatic heterocycles. The van der Waals surface area contributed by atoms with Crippen molar-refractivity contribution in [1.82, 2.24) is 25.3 Å². The highest BCUT2D eigenvalue weighted by Gasteiger charge is 2.33. The van der Waals surface area contributed by atoms with Gasteiger partial charge in [0.05, 0.1) is 5.69 Å². The van der Waals surface area contributed by atoms with Crippen LogP contribution in [0.1, 0.15) is 30.0 Å². The van der Waals surface area contributed by atoms with Gasteiger partial charge in [0.25, 0.3) is 5.91 Å². The summed E-state index contributed by atoms with van der Waals surface area (Å²) >= 11 is 0. The van der Waals surface area contributed by atoms with E-state index in [1.165, 1.54) is 0 Å². The smallest absolute Gasteiger partial charge is 0.272 e.